The van der Waals surface area contributed by atoms with E-state index >= 15 is 0 Å². The molecule has 0 atom stereocenters. The molecule has 0 spiro atoms. The summed E-state index contributed by atoms with van der Waals surface area (Å²) in [5, 5.41) is 16.2. The quantitative estimate of drug-likeness (QED) is 0.699. The Bertz CT molecular complexity index is 342. The van der Waals surface area contributed by atoms with E-state index in [1.165, 1.54) is 0 Å². The van der Waals surface area contributed by atoms with Gasteiger partial charge in [-0.05, 0) is 22.4 Å². The third-order valence-electron chi connectivity index (χ3n) is 2.45. The summed E-state index contributed by atoms with van der Waals surface area (Å²) in [6.45, 7) is 4.69. The van der Waals surface area contributed by atoms with Gasteiger partial charge in [0.1, 0.15) is 0 Å². The second-order valence-electron chi connectivity index (χ2n) is 3.70. The Labute approximate surface area is 110 Å². The third kappa shape index (κ3) is 4.39. The van der Waals surface area contributed by atoms with Gasteiger partial charge < -0.3 is 15.2 Å². The van der Waals surface area contributed by atoms with Crippen LogP contribution in [0, 0.1) is 0 Å². The number of hydrogen-bond donors (Lipinski definition) is 2. The van der Waals surface area contributed by atoms with Crippen LogP contribution < -0.4 is 5.32 Å². The van der Waals surface area contributed by atoms with Crippen molar-refractivity contribution in [2.75, 3.05) is 26.4 Å². The van der Waals surface area contributed by atoms with Gasteiger partial charge in [0, 0.05) is 20.1 Å². The molecule has 5 nitrogen and oxygen atoms in total. The second kappa shape index (κ2) is 7.81. The van der Waals surface area contributed by atoms with Crippen LogP contribution in [0.1, 0.15) is 18.3 Å². The molecule has 1 rings (SSSR count). The van der Waals surface area contributed by atoms with E-state index in [2.05, 4.69) is 33.3 Å². The Balaban J connectivity index is 2.34. The lowest BCUT2D eigenvalue weighted by molar-refractivity contribution is 0.0937. The van der Waals surface area contributed by atoms with Crippen LogP contribution in [-0.2, 0) is 24.8 Å². The van der Waals surface area contributed by atoms with Crippen LogP contribution >= 0.6 is 15.9 Å². The van der Waals surface area contributed by atoms with Gasteiger partial charge in [-0.2, -0.15) is 5.10 Å². The highest BCUT2D eigenvalue weighted by Crippen LogP contribution is 2.21. The highest BCUT2D eigenvalue weighted by molar-refractivity contribution is 9.10. The summed E-state index contributed by atoms with van der Waals surface area (Å²) in [7, 11) is 1.95. The fourth-order valence-electron chi connectivity index (χ4n) is 1.53. The van der Waals surface area contributed by atoms with Gasteiger partial charge in [0.15, 0.2) is 0 Å². The molecular weight excluding hydrogens is 286 g/mol. The van der Waals surface area contributed by atoms with Gasteiger partial charge in [-0.1, -0.05) is 6.92 Å². The fourth-order valence-corrected chi connectivity index (χ4v) is 2.29. The van der Waals surface area contributed by atoms with Gasteiger partial charge in [0.25, 0.3) is 0 Å². The molecular formula is C11H20BrN3O2. The zero-order chi connectivity index (χ0) is 12.7. The van der Waals surface area contributed by atoms with E-state index < -0.39 is 0 Å². The summed E-state index contributed by atoms with van der Waals surface area (Å²) in [4.78, 5) is 0. The largest absolute Gasteiger partial charge is 0.394 e. The zero-order valence-corrected chi connectivity index (χ0v) is 12.0. The number of aryl methyl sites for hydroxylation is 2. The van der Waals surface area contributed by atoms with Crippen LogP contribution in [0.2, 0.25) is 0 Å². The summed E-state index contributed by atoms with van der Waals surface area (Å²) >= 11 is 3.57. The Hall–Kier alpha value is -0.430. The topological polar surface area (TPSA) is 59.3 Å². The van der Waals surface area contributed by atoms with Crippen LogP contribution in [0.15, 0.2) is 4.47 Å². The normalized spacial score (nSPS) is 11.1. The van der Waals surface area contributed by atoms with Crippen LogP contribution in [0.4, 0.5) is 0 Å². The van der Waals surface area contributed by atoms with Gasteiger partial charge in [-0.3, -0.25) is 4.68 Å². The van der Waals surface area contributed by atoms with Gasteiger partial charge >= 0.3 is 0 Å². The van der Waals surface area contributed by atoms with E-state index in [1.54, 1.807) is 0 Å². The molecule has 0 saturated heterocycles. The molecule has 0 amide bonds. The van der Waals surface area contributed by atoms with E-state index in [1.807, 2.05) is 11.7 Å². The number of aromatic nitrogens is 2. The Morgan fingerprint density at radius 3 is 2.82 bits per heavy atom. The fraction of sp³-hybridized carbons (Fsp3) is 0.727. The number of nitrogens with one attached hydrogen (secondary N) is 1. The minimum atomic E-state index is 0.0765. The van der Waals surface area contributed by atoms with Crippen LogP contribution in [0.25, 0.3) is 0 Å². The number of ether oxygens (including phenoxy) is 1. The molecule has 0 bridgehead atoms. The zero-order valence-electron chi connectivity index (χ0n) is 10.4. The van der Waals surface area contributed by atoms with Crippen molar-refractivity contribution in [1.82, 2.24) is 15.1 Å². The lowest BCUT2D eigenvalue weighted by Crippen LogP contribution is -2.21. The molecule has 0 saturated carbocycles. The van der Waals surface area contributed by atoms with Gasteiger partial charge in [0.05, 0.1) is 35.7 Å². The molecule has 0 aliphatic carbocycles. The summed E-state index contributed by atoms with van der Waals surface area (Å²) in [5.41, 5.74) is 2.23. The Morgan fingerprint density at radius 1 is 1.47 bits per heavy atom. The van der Waals surface area contributed by atoms with Crippen LogP contribution in [0.3, 0.4) is 0 Å². The molecule has 1 aromatic heterocycles. The molecule has 2 N–H and O–H groups in total. The summed E-state index contributed by atoms with van der Waals surface area (Å²) < 4.78 is 8.14. The molecule has 1 aromatic rings. The molecule has 17 heavy (non-hydrogen) atoms. The predicted octanol–water partition coefficient (Wildman–Crippen LogP) is 0.844. The lowest BCUT2D eigenvalue weighted by atomic mass is 10.3. The van der Waals surface area contributed by atoms with Gasteiger partial charge in [0.2, 0.25) is 0 Å². The van der Waals surface area contributed by atoms with Crippen molar-refractivity contribution in [2.24, 2.45) is 7.05 Å². The van der Waals surface area contributed by atoms with Crippen molar-refractivity contribution in [1.29, 1.82) is 0 Å². The van der Waals surface area contributed by atoms with Crippen molar-refractivity contribution in [3.05, 3.63) is 15.9 Å². The molecule has 0 aromatic carbocycles. The number of hydrogen-bond acceptors (Lipinski definition) is 4. The summed E-state index contributed by atoms with van der Waals surface area (Å²) in [5.74, 6) is 0. The number of nitrogens with zero attached hydrogens (tertiary/aromatic N) is 2. The number of halogens is 1. The highest BCUT2D eigenvalue weighted by atomic mass is 79.9. The van der Waals surface area contributed by atoms with E-state index in [-0.39, 0.29) is 6.61 Å². The standard InChI is InChI=1S/C11H20BrN3O2/c1-3-9-11(12)10(15(2)14-9)8-13-4-6-17-7-5-16/h13,16H,3-8H2,1-2H3. The number of aliphatic hydroxyl groups is 1. The lowest BCUT2D eigenvalue weighted by Gasteiger charge is -2.06. The van der Waals surface area contributed by atoms with E-state index in [9.17, 15) is 0 Å². The highest BCUT2D eigenvalue weighted by Gasteiger charge is 2.11. The first kappa shape index (κ1) is 14.6. The molecule has 6 heteroatoms. The first-order valence-electron chi connectivity index (χ1n) is 5.80. The molecule has 0 unspecified atom stereocenters. The first-order chi connectivity index (χ1) is 8.20. The maximum Gasteiger partial charge on any atom is 0.0767 e. The predicted molar refractivity (Wildman–Crippen MR) is 69.9 cm³/mol. The average molecular weight is 306 g/mol. The van der Waals surface area contributed by atoms with E-state index in [0.29, 0.717) is 13.2 Å². The minimum Gasteiger partial charge on any atom is -0.394 e. The molecule has 1 heterocycles. The van der Waals surface area contributed by atoms with Crippen LogP contribution in [-0.4, -0.2) is 41.3 Å². The maximum absolute atomic E-state index is 8.54. The number of rotatable bonds is 8. The first-order valence-corrected chi connectivity index (χ1v) is 6.59. The van der Waals surface area contributed by atoms with E-state index in [4.69, 9.17) is 9.84 Å². The SMILES string of the molecule is CCc1nn(C)c(CNCCOCCO)c1Br. The van der Waals surface area contributed by atoms with Crippen molar-refractivity contribution in [3.63, 3.8) is 0 Å². The van der Waals surface area contributed by atoms with Crippen molar-refractivity contribution >= 4 is 15.9 Å². The second-order valence-corrected chi connectivity index (χ2v) is 4.49. The van der Waals surface area contributed by atoms with E-state index in [0.717, 1.165) is 35.4 Å². The molecule has 98 valence electrons. The maximum atomic E-state index is 8.54. The average Bonchev–Trinajstić information content (AvgIpc) is 2.60. The molecule has 0 fully saturated rings. The summed E-state index contributed by atoms with van der Waals surface area (Å²) in [6, 6.07) is 0. The molecule has 0 aliphatic rings. The minimum absolute atomic E-state index is 0.0765. The Morgan fingerprint density at radius 2 is 2.24 bits per heavy atom. The monoisotopic (exact) mass is 305 g/mol. The summed E-state index contributed by atoms with van der Waals surface area (Å²) in [6.07, 6.45) is 0.925. The number of aliphatic hydroxyl groups excluding tert-OH is 1. The van der Waals surface area contributed by atoms with Gasteiger partial charge in [-0.25, -0.2) is 0 Å². The van der Waals surface area contributed by atoms with Crippen molar-refractivity contribution < 1.29 is 9.84 Å². The van der Waals surface area contributed by atoms with Crippen LogP contribution in [0.5, 0.6) is 0 Å². The smallest absolute Gasteiger partial charge is 0.0767 e. The molecule has 0 aliphatic heterocycles. The van der Waals surface area contributed by atoms with Gasteiger partial charge in [-0.15, -0.1) is 0 Å². The third-order valence-corrected chi connectivity index (χ3v) is 3.37. The Kier molecular flexibility index (Phi) is 6.72. The molecule has 0 radical (unpaired) electrons. The van der Waals surface area contributed by atoms with Crippen molar-refractivity contribution in [3.8, 4) is 0 Å². The van der Waals surface area contributed by atoms with Crippen molar-refractivity contribution in [2.45, 2.75) is 19.9 Å².